The van der Waals surface area contributed by atoms with Gasteiger partial charge in [0.15, 0.2) is 0 Å². The number of carbonyl (C=O) groups is 2. The number of benzene rings is 2. The van der Waals surface area contributed by atoms with Crippen LogP contribution in [0.2, 0.25) is 0 Å². The van der Waals surface area contributed by atoms with Gasteiger partial charge in [-0.15, -0.1) is 0 Å². The van der Waals surface area contributed by atoms with Crippen molar-refractivity contribution in [1.29, 1.82) is 5.26 Å². The lowest BCUT2D eigenvalue weighted by Crippen LogP contribution is -2.17. The molecule has 2 aromatic carbocycles. The lowest BCUT2D eigenvalue weighted by Gasteiger charge is -2.10. The highest BCUT2D eigenvalue weighted by molar-refractivity contribution is 6.08. The van der Waals surface area contributed by atoms with E-state index in [9.17, 15) is 9.59 Å². The van der Waals surface area contributed by atoms with E-state index >= 15 is 0 Å². The second kappa shape index (κ2) is 8.14. The number of hydrogen-bond acceptors (Lipinski definition) is 4. The van der Waals surface area contributed by atoms with Gasteiger partial charge in [0.05, 0.1) is 11.6 Å². The molecule has 0 saturated carbocycles. The number of anilines is 2. The van der Waals surface area contributed by atoms with E-state index in [0.29, 0.717) is 22.5 Å². The number of nitriles is 1. The van der Waals surface area contributed by atoms with Crippen LogP contribution < -0.4 is 10.6 Å². The van der Waals surface area contributed by atoms with E-state index in [1.165, 1.54) is 18.3 Å². The van der Waals surface area contributed by atoms with Crippen LogP contribution in [0.1, 0.15) is 37.5 Å². The summed E-state index contributed by atoms with van der Waals surface area (Å²) in [6, 6.07) is 17.4. The molecule has 0 spiro atoms. The van der Waals surface area contributed by atoms with Crippen molar-refractivity contribution >= 4 is 23.2 Å². The lowest BCUT2D eigenvalue weighted by atomic mass is 10.1. The fourth-order valence-electron chi connectivity index (χ4n) is 2.62. The molecule has 0 radical (unpaired) electrons. The smallest absolute Gasteiger partial charge is 0.274 e. The van der Waals surface area contributed by atoms with Crippen LogP contribution in [0.4, 0.5) is 11.4 Å². The number of hydrogen-bond donors (Lipinski definition) is 2. The molecule has 2 N–H and O–H groups in total. The van der Waals surface area contributed by atoms with E-state index in [2.05, 4.69) is 15.6 Å². The molecule has 3 aromatic rings. The molecule has 0 aliphatic carbocycles. The highest BCUT2D eigenvalue weighted by atomic mass is 16.2. The molecule has 138 valence electrons. The molecule has 0 fully saturated rings. The Hall–Kier alpha value is -3.98. The summed E-state index contributed by atoms with van der Waals surface area (Å²) in [4.78, 5) is 29.1. The first-order chi connectivity index (χ1) is 13.5. The van der Waals surface area contributed by atoms with Gasteiger partial charge in [0, 0.05) is 23.1 Å². The fourth-order valence-corrected chi connectivity index (χ4v) is 2.62. The summed E-state index contributed by atoms with van der Waals surface area (Å²) in [5.74, 6) is -0.784. The van der Waals surface area contributed by atoms with Crippen LogP contribution in [0, 0.1) is 25.2 Å². The predicted octanol–water partition coefficient (Wildman–Crippen LogP) is 4.07. The van der Waals surface area contributed by atoms with E-state index in [-0.39, 0.29) is 5.69 Å². The molecule has 0 saturated heterocycles. The van der Waals surface area contributed by atoms with Crippen LogP contribution in [-0.2, 0) is 0 Å². The third-order valence-electron chi connectivity index (χ3n) is 4.15. The van der Waals surface area contributed by atoms with Crippen molar-refractivity contribution in [2.24, 2.45) is 0 Å². The Bertz CT molecular complexity index is 1100. The highest BCUT2D eigenvalue weighted by Gasteiger charge is 2.13. The average molecular weight is 370 g/mol. The first-order valence-corrected chi connectivity index (χ1v) is 8.62. The van der Waals surface area contributed by atoms with Gasteiger partial charge < -0.3 is 10.6 Å². The summed E-state index contributed by atoms with van der Waals surface area (Å²) in [6.07, 6.45) is 1.42. The number of nitrogens with zero attached hydrogens (tertiary/aromatic N) is 2. The Morgan fingerprint density at radius 3 is 2.57 bits per heavy atom. The number of pyridine rings is 1. The Balaban J connectivity index is 1.77. The van der Waals surface area contributed by atoms with Crippen LogP contribution in [0.3, 0.4) is 0 Å². The van der Waals surface area contributed by atoms with Gasteiger partial charge in [0.25, 0.3) is 11.8 Å². The van der Waals surface area contributed by atoms with Crippen molar-refractivity contribution in [3.8, 4) is 6.07 Å². The monoisotopic (exact) mass is 370 g/mol. The van der Waals surface area contributed by atoms with E-state index in [4.69, 9.17) is 5.26 Å². The number of nitrogens with one attached hydrogen (secondary N) is 2. The zero-order valence-corrected chi connectivity index (χ0v) is 15.5. The molecule has 2 amide bonds. The van der Waals surface area contributed by atoms with Crippen molar-refractivity contribution < 1.29 is 9.59 Å². The second-order valence-electron chi connectivity index (χ2n) is 6.35. The normalized spacial score (nSPS) is 10.0. The van der Waals surface area contributed by atoms with Crippen molar-refractivity contribution in [1.82, 2.24) is 4.98 Å². The summed E-state index contributed by atoms with van der Waals surface area (Å²) in [6.45, 7) is 3.85. The minimum atomic E-state index is -0.394. The Kier molecular flexibility index (Phi) is 5.47. The van der Waals surface area contributed by atoms with Crippen LogP contribution in [0.25, 0.3) is 0 Å². The summed E-state index contributed by atoms with van der Waals surface area (Å²) < 4.78 is 0. The van der Waals surface area contributed by atoms with Crippen LogP contribution >= 0.6 is 0 Å². The largest absolute Gasteiger partial charge is 0.322 e. The summed E-state index contributed by atoms with van der Waals surface area (Å²) in [5, 5.41) is 14.5. The molecular weight excluding hydrogens is 352 g/mol. The van der Waals surface area contributed by atoms with Gasteiger partial charge in [-0.2, -0.15) is 5.26 Å². The third kappa shape index (κ3) is 4.40. The summed E-state index contributed by atoms with van der Waals surface area (Å²) >= 11 is 0. The Labute approximate surface area is 162 Å². The van der Waals surface area contributed by atoms with Gasteiger partial charge in [0.2, 0.25) is 0 Å². The Morgan fingerprint density at radius 2 is 1.79 bits per heavy atom. The number of rotatable bonds is 4. The van der Waals surface area contributed by atoms with Gasteiger partial charge >= 0.3 is 0 Å². The molecule has 0 unspecified atom stereocenters. The quantitative estimate of drug-likeness (QED) is 0.723. The van der Waals surface area contributed by atoms with Gasteiger partial charge in [-0.3, -0.25) is 14.6 Å². The topological polar surface area (TPSA) is 94.9 Å². The number of aryl methyl sites for hydroxylation is 2. The molecular formula is C22H18N4O2. The second-order valence-corrected chi connectivity index (χ2v) is 6.35. The first-order valence-electron chi connectivity index (χ1n) is 8.62. The number of amides is 2. The third-order valence-corrected chi connectivity index (χ3v) is 4.15. The molecule has 6 nitrogen and oxygen atoms in total. The fraction of sp³-hybridized carbons (Fsp3) is 0.0909. The first kappa shape index (κ1) is 18.8. The molecule has 1 aromatic heterocycles. The minimum Gasteiger partial charge on any atom is -0.322 e. The van der Waals surface area contributed by atoms with Gasteiger partial charge in [-0.05, 0) is 61.4 Å². The molecule has 1 heterocycles. The Morgan fingerprint density at radius 1 is 0.964 bits per heavy atom. The molecule has 0 aliphatic rings. The molecule has 0 aliphatic heterocycles. The van der Waals surface area contributed by atoms with Crippen molar-refractivity contribution in [2.75, 3.05) is 10.6 Å². The molecule has 28 heavy (non-hydrogen) atoms. The maximum Gasteiger partial charge on any atom is 0.274 e. The van der Waals surface area contributed by atoms with Crippen molar-refractivity contribution in [3.63, 3.8) is 0 Å². The zero-order valence-electron chi connectivity index (χ0n) is 15.5. The van der Waals surface area contributed by atoms with Crippen molar-refractivity contribution in [2.45, 2.75) is 13.8 Å². The number of carbonyl (C=O) groups excluding carboxylic acids is 2. The molecule has 6 heteroatoms. The maximum atomic E-state index is 12.6. The highest BCUT2D eigenvalue weighted by Crippen LogP contribution is 2.18. The SMILES string of the molecule is Cc1ccc(C)c(NC(=O)c2cc(C(=O)Nc3cccc(C#N)c3)ccn2)c1. The van der Waals surface area contributed by atoms with Gasteiger partial charge in [-0.1, -0.05) is 18.2 Å². The zero-order chi connectivity index (χ0) is 20.1. The standard InChI is InChI=1S/C22H18N4O2/c1-14-6-7-15(2)19(10-14)26-22(28)20-12-17(8-9-24-20)21(27)25-18-5-3-4-16(11-18)13-23/h3-12H,1-2H3,(H,25,27)(H,26,28). The van der Waals surface area contributed by atoms with Gasteiger partial charge in [0.1, 0.15) is 5.69 Å². The maximum absolute atomic E-state index is 12.6. The van der Waals surface area contributed by atoms with E-state index in [1.807, 2.05) is 38.1 Å². The van der Waals surface area contributed by atoms with Crippen LogP contribution in [0.15, 0.2) is 60.8 Å². The average Bonchev–Trinajstić information content (AvgIpc) is 2.71. The molecule has 3 rings (SSSR count). The minimum absolute atomic E-state index is 0.138. The summed E-state index contributed by atoms with van der Waals surface area (Å²) in [7, 11) is 0. The van der Waals surface area contributed by atoms with Crippen molar-refractivity contribution in [3.05, 3.63) is 88.7 Å². The van der Waals surface area contributed by atoms with Crippen LogP contribution in [0.5, 0.6) is 0 Å². The van der Waals surface area contributed by atoms with Gasteiger partial charge in [-0.25, -0.2) is 0 Å². The predicted molar refractivity (Wildman–Crippen MR) is 107 cm³/mol. The molecule has 0 bridgehead atoms. The van der Waals surface area contributed by atoms with E-state index in [0.717, 1.165) is 11.1 Å². The number of aromatic nitrogens is 1. The molecule has 0 atom stereocenters. The van der Waals surface area contributed by atoms with E-state index in [1.54, 1.807) is 24.3 Å². The lowest BCUT2D eigenvalue weighted by molar-refractivity contribution is 0.102. The van der Waals surface area contributed by atoms with E-state index < -0.39 is 11.8 Å². The summed E-state index contributed by atoms with van der Waals surface area (Å²) in [5.41, 5.74) is 4.05. The van der Waals surface area contributed by atoms with Crippen LogP contribution in [-0.4, -0.2) is 16.8 Å².